The SMILES string of the molecule is CN1CCCC2CN(CCNCCS(C)(=O)=O)CCC21. The fourth-order valence-corrected chi connectivity index (χ4v) is 4.07. The van der Waals surface area contributed by atoms with E-state index in [9.17, 15) is 8.42 Å². The first kappa shape index (κ1) is 16.2. The van der Waals surface area contributed by atoms with Gasteiger partial charge in [0.25, 0.3) is 0 Å². The number of sulfone groups is 1. The van der Waals surface area contributed by atoms with E-state index in [1.54, 1.807) is 0 Å². The van der Waals surface area contributed by atoms with Crippen molar-refractivity contribution in [1.29, 1.82) is 0 Å². The number of hydrogen-bond donors (Lipinski definition) is 1. The van der Waals surface area contributed by atoms with E-state index < -0.39 is 9.84 Å². The zero-order valence-electron chi connectivity index (χ0n) is 12.8. The van der Waals surface area contributed by atoms with Crippen molar-refractivity contribution >= 4 is 9.84 Å². The van der Waals surface area contributed by atoms with Crippen molar-refractivity contribution < 1.29 is 8.42 Å². The van der Waals surface area contributed by atoms with Crippen LogP contribution in [0.5, 0.6) is 0 Å². The number of nitrogens with zero attached hydrogens (tertiary/aromatic N) is 2. The van der Waals surface area contributed by atoms with Crippen LogP contribution in [0.25, 0.3) is 0 Å². The molecule has 2 aliphatic heterocycles. The predicted octanol–water partition coefficient (Wildman–Crippen LogP) is 0.0367. The molecule has 2 aliphatic rings. The Hall–Kier alpha value is -0.170. The van der Waals surface area contributed by atoms with Crippen molar-refractivity contribution in [3.8, 4) is 0 Å². The highest BCUT2D eigenvalue weighted by molar-refractivity contribution is 7.90. The fraction of sp³-hybridized carbons (Fsp3) is 1.00. The maximum atomic E-state index is 11.0. The summed E-state index contributed by atoms with van der Waals surface area (Å²) in [5.74, 6) is 1.07. The van der Waals surface area contributed by atoms with Gasteiger partial charge >= 0.3 is 0 Å². The molecular formula is C14H29N3O2S. The molecule has 2 atom stereocenters. The number of piperidine rings is 2. The maximum absolute atomic E-state index is 11.0. The molecule has 20 heavy (non-hydrogen) atoms. The third-order valence-electron chi connectivity index (χ3n) is 4.68. The minimum Gasteiger partial charge on any atom is -0.314 e. The summed E-state index contributed by atoms with van der Waals surface area (Å²) in [6, 6.07) is 0.790. The van der Waals surface area contributed by atoms with Crippen molar-refractivity contribution in [2.75, 3.05) is 58.3 Å². The number of fused-ring (bicyclic) bond motifs is 1. The molecule has 0 aromatic rings. The maximum Gasteiger partial charge on any atom is 0.148 e. The average Bonchev–Trinajstić information content (AvgIpc) is 2.37. The molecule has 2 fully saturated rings. The molecule has 2 heterocycles. The van der Waals surface area contributed by atoms with Gasteiger partial charge in [0.05, 0.1) is 5.75 Å². The van der Waals surface area contributed by atoms with Gasteiger partial charge in [-0.2, -0.15) is 0 Å². The van der Waals surface area contributed by atoms with Crippen LogP contribution in [0.3, 0.4) is 0 Å². The van der Waals surface area contributed by atoms with Crippen molar-refractivity contribution in [3.63, 3.8) is 0 Å². The molecule has 0 aromatic carbocycles. The monoisotopic (exact) mass is 303 g/mol. The summed E-state index contributed by atoms with van der Waals surface area (Å²) in [6.07, 6.45) is 5.27. The van der Waals surface area contributed by atoms with Gasteiger partial charge in [-0.15, -0.1) is 0 Å². The zero-order chi connectivity index (χ0) is 14.6. The van der Waals surface area contributed by atoms with Crippen molar-refractivity contribution in [2.24, 2.45) is 5.92 Å². The first-order valence-corrected chi connectivity index (χ1v) is 9.83. The molecule has 5 nitrogen and oxygen atoms in total. The highest BCUT2D eigenvalue weighted by atomic mass is 32.2. The molecule has 0 amide bonds. The molecule has 0 saturated carbocycles. The topological polar surface area (TPSA) is 52.6 Å². The van der Waals surface area contributed by atoms with Crippen LogP contribution in [-0.2, 0) is 9.84 Å². The van der Waals surface area contributed by atoms with Gasteiger partial charge in [-0.3, -0.25) is 0 Å². The first-order valence-electron chi connectivity index (χ1n) is 7.77. The molecule has 2 unspecified atom stereocenters. The Balaban J connectivity index is 1.63. The van der Waals surface area contributed by atoms with Gasteiger partial charge in [-0.1, -0.05) is 0 Å². The summed E-state index contributed by atoms with van der Waals surface area (Å²) in [5.41, 5.74) is 0. The highest BCUT2D eigenvalue weighted by Crippen LogP contribution is 2.29. The Bertz CT molecular complexity index is 399. The minimum atomic E-state index is -2.83. The van der Waals surface area contributed by atoms with E-state index in [4.69, 9.17) is 0 Å². The number of nitrogens with one attached hydrogen (secondary N) is 1. The van der Waals surface area contributed by atoms with E-state index in [0.717, 1.165) is 25.0 Å². The van der Waals surface area contributed by atoms with E-state index in [2.05, 4.69) is 22.2 Å². The van der Waals surface area contributed by atoms with Crippen LogP contribution in [-0.4, -0.2) is 82.6 Å². The Labute approximate surface area is 123 Å². The quantitative estimate of drug-likeness (QED) is 0.702. The lowest BCUT2D eigenvalue weighted by molar-refractivity contribution is 0.0392. The van der Waals surface area contributed by atoms with Crippen LogP contribution < -0.4 is 5.32 Å². The lowest BCUT2D eigenvalue weighted by Gasteiger charge is -2.46. The van der Waals surface area contributed by atoms with E-state index in [0.29, 0.717) is 6.54 Å². The van der Waals surface area contributed by atoms with Gasteiger partial charge in [0, 0.05) is 38.5 Å². The summed E-state index contributed by atoms with van der Waals surface area (Å²) in [7, 11) is -0.570. The van der Waals surface area contributed by atoms with E-state index in [1.165, 1.54) is 45.2 Å². The summed E-state index contributed by atoms with van der Waals surface area (Å²) in [5, 5.41) is 3.24. The molecule has 1 N–H and O–H groups in total. The summed E-state index contributed by atoms with van der Waals surface area (Å²) in [6.45, 7) is 6.15. The third-order valence-corrected chi connectivity index (χ3v) is 5.63. The molecule has 6 heteroatoms. The zero-order valence-corrected chi connectivity index (χ0v) is 13.7. The van der Waals surface area contributed by atoms with Crippen LogP contribution in [0, 0.1) is 5.92 Å². The Morgan fingerprint density at radius 1 is 1.20 bits per heavy atom. The molecule has 118 valence electrons. The van der Waals surface area contributed by atoms with Crippen molar-refractivity contribution in [2.45, 2.75) is 25.3 Å². The summed E-state index contributed by atoms with van der Waals surface area (Å²) >= 11 is 0. The number of hydrogen-bond acceptors (Lipinski definition) is 5. The Morgan fingerprint density at radius 2 is 2.00 bits per heavy atom. The van der Waals surface area contributed by atoms with Gasteiger partial charge in [0.2, 0.25) is 0 Å². The van der Waals surface area contributed by atoms with Crippen LogP contribution in [0.2, 0.25) is 0 Å². The van der Waals surface area contributed by atoms with Gasteiger partial charge < -0.3 is 15.1 Å². The van der Waals surface area contributed by atoms with E-state index in [1.807, 2.05) is 0 Å². The molecule has 0 spiro atoms. The Morgan fingerprint density at radius 3 is 2.75 bits per heavy atom. The Kier molecular flexibility index (Phi) is 5.84. The normalized spacial score (nSPS) is 29.3. The van der Waals surface area contributed by atoms with Crippen LogP contribution in [0.15, 0.2) is 0 Å². The lowest BCUT2D eigenvalue weighted by Crippen LogP contribution is -2.53. The van der Waals surface area contributed by atoms with E-state index >= 15 is 0 Å². The van der Waals surface area contributed by atoms with Crippen molar-refractivity contribution in [3.05, 3.63) is 0 Å². The summed E-state index contributed by atoms with van der Waals surface area (Å²) < 4.78 is 22.1. The molecule has 0 aromatic heterocycles. The molecule has 0 aliphatic carbocycles. The largest absolute Gasteiger partial charge is 0.314 e. The average molecular weight is 303 g/mol. The molecule has 0 bridgehead atoms. The standard InChI is InChI=1S/C14H29N3O2S/c1-16-8-3-4-13-12-17(9-5-14(13)16)10-6-15-7-11-20(2,18)19/h13-15H,3-12H2,1-2H3. The lowest BCUT2D eigenvalue weighted by atomic mass is 9.84. The smallest absolute Gasteiger partial charge is 0.148 e. The first-order chi connectivity index (χ1) is 9.46. The van der Waals surface area contributed by atoms with Crippen LogP contribution in [0.4, 0.5) is 0 Å². The van der Waals surface area contributed by atoms with Gasteiger partial charge in [0.15, 0.2) is 0 Å². The molecular weight excluding hydrogens is 274 g/mol. The predicted molar refractivity (Wildman–Crippen MR) is 82.8 cm³/mol. The number of likely N-dealkylation sites (tertiary alicyclic amines) is 2. The fourth-order valence-electron chi connectivity index (χ4n) is 3.55. The van der Waals surface area contributed by atoms with Crippen LogP contribution in [0.1, 0.15) is 19.3 Å². The second-order valence-corrected chi connectivity index (χ2v) is 8.68. The second kappa shape index (κ2) is 7.20. The van der Waals surface area contributed by atoms with Gasteiger partial charge in [-0.25, -0.2) is 8.42 Å². The highest BCUT2D eigenvalue weighted by Gasteiger charge is 2.33. The number of rotatable bonds is 6. The second-order valence-electron chi connectivity index (χ2n) is 6.42. The van der Waals surface area contributed by atoms with Gasteiger partial charge in [-0.05, 0) is 45.3 Å². The molecule has 0 radical (unpaired) electrons. The van der Waals surface area contributed by atoms with Gasteiger partial charge in [0.1, 0.15) is 9.84 Å². The minimum absolute atomic E-state index is 0.239. The molecule has 2 saturated heterocycles. The molecule has 2 rings (SSSR count). The van der Waals surface area contributed by atoms with E-state index in [-0.39, 0.29) is 5.75 Å². The van der Waals surface area contributed by atoms with Crippen LogP contribution >= 0.6 is 0 Å². The van der Waals surface area contributed by atoms with Crippen molar-refractivity contribution in [1.82, 2.24) is 15.1 Å². The summed E-state index contributed by atoms with van der Waals surface area (Å²) in [4.78, 5) is 5.07. The third kappa shape index (κ3) is 4.98.